The number of hydrogen-bond donors (Lipinski definition) is 3. The highest BCUT2D eigenvalue weighted by Gasteiger charge is 2.42. The van der Waals surface area contributed by atoms with Crippen molar-refractivity contribution in [1.82, 2.24) is 5.32 Å². The van der Waals surface area contributed by atoms with Gasteiger partial charge >= 0.3 is 6.03 Å². The zero-order valence-electron chi connectivity index (χ0n) is 16.8. The van der Waals surface area contributed by atoms with Crippen LogP contribution in [0.4, 0.5) is 14.9 Å². The van der Waals surface area contributed by atoms with E-state index >= 15 is 0 Å². The van der Waals surface area contributed by atoms with Gasteiger partial charge in [0, 0.05) is 30.1 Å². The number of anilines is 1. The molecule has 0 aliphatic carbocycles. The van der Waals surface area contributed by atoms with E-state index in [4.69, 9.17) is 4.74 Å². The fourth-order valence-electron chi connectivity index (χ4n) is 4.91. The van der Waals surface area contributed by atoms with E-state index in [1.165, 1.54) is 24.8 Å². The van der Waals surface area contributed by atoms with E-state index < -0.39 is 0 Å². The van der Waals surface area contributed by atoms with E-state index in [1.807, 2.05) is 36.4 Å². The van der Waals surface area contributed by atoms with Crippen molar-refractivity contribution in [1.29, 1.82) is 0 Å². The van der Waals surface area contributed by atoms with Gasteiger partial charge in [0.15, 0.2) is 0 Å². The van der Waals surface area contributed by atoms with E-state index in [9.17, 15) is 9.18 Å². The zero-order valence-corrected chi connectivity index (χ0v) is 16.8. The number of piperidine rings is 2. The van der Waals surface area contributed by atoms with Crippen molar-refractivity contribution in [2.45, 2.75) is 56.8 Å². The molecule has 6 heteroatoms. The van der Waals surface area contributed by atoms with Gasteiger partial charge in [0.25, 0.3) is 0 Å². The second-order valence-corrected chi connectivity index (χ2v) is 8.20. The number of urea groups is 1. The number of carbonyl (C=O) groups is 1. The standard InChI is InChI=1S/C23H28FN3O2/c1-29-22-11-9-18(10-12-22)25-23(28)26-19-13-20-3-2-4-21(14-19)27(20)15-16-5-7-17(24)8-6-16/h5-12,19-21H,2-4,13-15H2,1H3,(H2,25,26,28)/p+1/t20-,21-/m1/s1. The number of nitrogens with one attached hydrogen (secondary N) is 3. The molecule has 3 N–H and O–H groups in total. The van der Waals surface area contributed by atoms with Crippen LogP contribution >= 0.6 is 0 Å². The van der Waals surface area contributed by atoms with Crippen molar-refractivity contribution in [3.63, 3.8) is 0 Å². The van der Waals surface area contributed by atoms with Crippen LogP contribution in [0, 0.1) is 5.82 Å². The maximum absolute atomic E-state index is 13.2. The molecule has 0 spiro atoms. The van der Waals surface area contributed by atoms with E-state index in [1.54, 1.807) is 24.1 Å². The topological polar surface area (TPSA) is 54.8 Å². The summed E-state index contributed by atoms with van der Waals surface area (Å²) in [5.41, 5.74) is 1.94. The summed E-state index contributed by atoms with van der Waals surface area (Å²) in [5, 5.41) is 6.09. The van der Waals surface area contributed by atoms with E-state index in [0.717, 1.165) is 30.8 Å². The molecule has 2 aromatic rings. The Balaban J connectivity index is 1.34. The smallest absolute Gasteiger partial charge is 0.319 e. The maximum Gasteiger partial charge on any atom is 0.319 e. The third-order valence-electron chi connectivity index (χ3n) is 6.30. The van der Waals surface area contributed by atoms with Gasteiger partial charge in [0.1, 0.15) is 18.1 Å². The minimum atomic E-state index is -0.185. The molecule has 154 valence electrons. The van der Waals surface area contributed by atoms with Gasteiger partial charge in [-0.05, 0) is 55.7 Å². The summed E-state index contributed by atoms with van der Waals surface area (Å²) in [6.07, 6.45) is 5.61. The monoisotopic (exact) mass is 398 g/mol. The largest absolute Gasteiger partial charge is 0.497 e. The van der Waals surface area contributed by atoms with Gasteiger partial charge in [-0.3, -0.25) is 0 Å². The van der Waals surface area contributed by atoms with Crippen LogP contribution in [0.1, 0.15) is 37.7 Å². The molecular weight excluding hydrogens is 369 g/mol. The van der Waals surface area contributed by atoms with E-state index in [2.05, 4.69) is 10.6 Å². The highest BCUT2D eigenvalue weighted by Crippen LogP contribution is 2.23. The van der Waals surface area contributed by atoms with Crippen LogP contribution in [-0.2, 0) is 6.54 Å². The van der Waals surface area contributed by atoms with Crippen LogP contribution in [0.2, 0.25) is 0 Å². The molecule has 29 heavy (non-hydrogen) atoms. The van der Waals surface area contributed by atoms with Crippen LogP contribution in [0.25, 0.3) is 0 Å². The molecule has 2 bridgehead atoms. The minimum Gasteiger partial charge on any atom is -0.497 e. The van der Waals surface area contributed by atoms with Crippen LogP contribution in [-0.4, -0.2) is 31.3 Å². The lowest BCUT2D eigenvalue weighted by Gasteiger charge is -2.46. The number of halogens is 1. The molecule has 2 amide bonds. The Morgan fingerprint density at radius 1 is 1.07 bits per heavy atom. The number of quaternary nitrogens is 1. The van der Waals surface area contributed by atoms with Crippen molar-refractivity contribution in [2.24, 2.45) is 0 Å². The molecule has 2 aliphatic rings. The number of methoxy groups -OCH3 is 1. The Hall–Kier alpha value is -2.60. The van der Waals surface area contributed by atoms with E-state index in [-0.39, 0.29) is 17.9 Å². The van der Waals surface area contributed by atoms with Gasteiger partial charge in [-0.15, -0.1) is 0 Å². The fraction of sp³-hybridized carbons (Fsp3) is 0.435. The predicted octanol–water partition coefficient (Wildman–Crippen LogP) is 3.12. The molecule has 5 nitrogen and oxygen atoms in total. The first-order valence-electron chi connectivity index (χ1n) is 10.4. The zero-order chi connectivity index (χ0) is 20.2. The molecule has 2 fully saturated rings. The fourth-order valence-corrected chi connectivity index (χ4v) is 4.91. The SMILES string of the molecule is COc1ccc(NC(=O)NC2C[C@H]3CCC[C@H](C2)[NH+]3Cc2ccc(F)cc2)cc1. The van der Waals surface area contributed by atoms with Gasteiger partial charge in [-0.25, -0.2) is 9.18 Å². The summed E-state index contributed by atoms with van der Waals surface area (Å²) in [4.78, 5) is 14.1. The first kappa shape index (κ1) is 19.7. The molecule has 0 saturated carbocycles. The summed E-state index contributed by atoms with van der Waals surface area (Å²) in [7, 11) is 1.62. The Kier molecular flexibility index (Phi) is 6.00. The second kappa shape index (κ2) is 8.82. The third kappa shape index (κ3) is 4.88. The second-order valence-electron chi connectivity index (χ2n) is 8.20. The highest BCUT2D eigenvalue weighted by molar-refractivity contribution is 5.89. The third-order valence-corrected chi connectivity index (χ3v) is 6.30. The maximum atomic E-state index is 13.2. The van der Waals surface area contributed by atoms with Crippen LogP contribution in [0.3, 0.4) is 0 Å². The van der Waals surface area contributed by atoms with Crippen molar-refractivity contribution in [3.8, 4) is 5.75 Å². The van der Waals surface area contributed by atoms with Gasteiger partial charge in [-0.1, -0.05) is 12.1 Å². The average molecular weight is 399 g/mol. The normalized spacial score (nSPS) is 25.9. The molecule has 2 saturated heterocycles. The summed E-state index contributed by atoms with van der Waals surface area (Å²) >= 11 is 0. The van der Waals surface area contributed by atoms with Gasteiger partial charge < -0.3 is 20.3 Å². The molecule has 0 aromatic heterocycles. The average Bonchev–Trinajstić information content (AvgIpc) is 2.71. The van der Waals surface area contributed by atoms with Crippen LogP contribution < -0.4 is 20.3 Å². The summed E-state index contributed by atoms with van der Waals surface area (Å²) < 4.78 is 18.4. The molecule has 0 unspecified atom stereocenters. The number of amides is 2. The van der Waals surface area contributed by atoms with Gasteiger partial charge in [0.05, 0.1) is 19.2 Å². The summed E-state index contributed by atoms with van der Waals surface area (Å²) in [6.45, 7) is 0.931. The number of carbonyl (C=O) groups excluding carboxylic acids is 1. The number of hydrogen-bond acceptors (Lipinski definition) is 2. The number of benzene rings is 2. The number of ether oxygens (including phenoxy) is 1. The first-order valence-corrected chi connectivity index (χ1v) is 10.4. The van der Waals surface area contributed by atoms with Gasteiger partial charge in [0.2, 0.25) is 0 Å². The first-order chi connectivity index (χ1) is 14.1. The Morgan fingerprint density at radius 3 is 2.34 bits per heavy atom. The lowest BCUT2D eigenvalue weighted by atomic mass is 9.81. The number of fused-ring (bicyclic) bond motifs is 2. The molecule has 2 heterocycles. The van der Waals surface area contributed by atoms with Crippen molar-refractivity contribution in [2.75, 3.05) is 12.4 Å². The quantitative estimate of drug-likeness (QED) is 0.725. The van der Waals surface area contributed by atoms with Crippen molar-refractivity contribution >= 4 is 11.7 Å². The minimum absolute atomic E-state index is 0.153. The van der Waals surface area contributed by atoms with E-state index in [0.29, 0.717) is 12.1 Å². The van der Waals surface area contributed by atoms with Gasteiger partial charge in [-0.2, -0.15) is 0 Å². The summed E-state index contributed by atoms with van der Waals surface area (Å²) in [6, 6.07) is 15.3. The Bertz CT molecular complexity index is 811. The van der Waals surface area contributed by atoms with Crippen molar-refractivity contribution in [3.05, 3.63) is 59.9 Å². The molecule has 0 radical (unpaired) electrons. The lowest BCUT2D eigenvalue weighted by molar-refractivity contribution is -0.973. The van der Waals surface area contributed by atoms with Crippen LogP contribution in [0.5, 0.6) is 5.75 Å². The summed E-state index contributed by atoms with van der Waals surface area (Å²) in [5.74, 6) is 0.579. The molecule has 2 aliphatic heterocycles. The Morgan fingerprint density at radius 2 is 1.72 bits per heavy atom. The number of rotatable bonds is 5. The van der Waals surface area contributed by atoms with Crippen molar-refractivity contribution < 1.29 is 18.8 Å². The highest BCUT2D eigenvalue weighted by atomic mass is 19.1. The molecule has 2 atom stereocenters. The Labute approximate surface area is 171 Å². The van der Waals surface area contributed by atoms with Crippen LogP contribution in [0.15, 0.2) is 48.5 Å². The molecule has 4 rings (SSSR count). The predicted molar refractivity (Wildman–Crippen MR) is 111 cm³/mol. The molecular formula is C23H29FN3O2+. The molecule has 2 aromatic carbocycles. The lowest BCUT2D eigenvalue weighted by Crippen LogP contribution is -3.20.